The highest BCUT2D eigenvalue weighted by molar-refractivity contribution is 5.05. The molecule has 4 aliphatic carbocycles. The first-order chi connectivity index (χ1) is 9.25. The molecule has 0 aromatic heterocycles. The van der Waals surface area contributed by atoms with Crippen molar-refractivity contribution in [2.24, 2.45) is 29.0 Å². The summed E-state index contributed by atoms with van der Waals surface area (Å²) < 4.78 is 0. The molecule has 0 amide bonds. The van der Waals surface area contributed by atoms with Crippen LogP contribution in [0.15, 0.2) is 0 Å². The standard InChI is InChI=1S/C17H32N2/c1-2-3-4-5-6-16(19-18)17-10-13-7-14(11-17)9-15(8-13)12-17/h13-16,19H,2-12,18H2,1H3. The summed E-state index contributed by atoms with van der Waals surface area (Å²) in [4.78, 5) is 0. The van der Waals surface area contributed by atoms with Gasteiger partial charge in [0.05, 0.1) is 0 Å². The van der Waals surface area contributed by atoms with E-state index in [9.17, 15) is 0 Å². The van der Waals surface area contributed by atoms with E-state index in [1.54, 1.807) is 0 Å². The van der Waals surface area contributed by atoms with E-state index >= 15 is 0 Å². The Hall–Kier alpha value is -0.0800. The number of hydrogen-bond donors (Lipinski definition) is 2. The second-order valence-electron chi connectivity index (χ2n) is 7.85. The monoisotopic (exact) mass is 264 g/mol. The SMILES string of the molecule is CCCCCCC(NN)C12CC3CC(CC(C3)C1)C2. The normalized spacial score (nSPS) is 41.7. The summed E-state index contributed by atoms with van der Waals surface area (Å²) in [6.45, 7) is 2.29. The molecule has 0 radical (unpaired) electrons. The zero-order valence-electron chi connectivity index (χ0n) is 12.7. The Labute approximate surface area is 118 Å². The van der Waals surface area contributed by atoms with Crippen LogP contribution < -0.4 is 11.3 Å². The molecule has 4 bridgehead atoms. The van der Waals surface area contributed by atoms with Gasteiger partial charge in [0.2, 0.25) is 0 Å². The van der Waals surface area contributed by atoms with Crippen molar-refractivity contribution < 1.29 is 0 Å². The minimum Gasteiger partial charge on any atom is -0.271 e. The van der Waals surface area contributed by atoms with Crippen LogP contribution in [0.25, 0.3) is 0 Å². The second-order valence-corrected chi connectivity index (χ2v) is 7.85. The molecule has 19 heavy (non-hydrogen) atoms. The van der Waals surface area contributed by atoms with Gasteiger partial charge < -0.3 is 0 Å². The molecule has 4 fully saturated rings. The molecule has 4 aliphatic rings. The quantitative estimate of drug-likeness (QED) is 0.414. The van der Waals surface area contributed by atoms with Crippen molar-refractivity contribution in [2.45, 2.75) is 83.6 Å². The second kappa shape index (κ2) is 5.73. The lowest BCUT2D eigenvalue weighted by molar-refractivity contribution is -0.0756. The lowest BCUT2D eigenvalue weighted by Gasteiger charge is -2.59. The van der Waals surface area contributed by atoms with Crippen molar-refractivity contribution in [3.8, 4) is 0 Å². The van der Waals surface area contributed by atoms with Gasteiger partial charge in [0.15, 0.2) is 0 Å². The Morgan fingerprint density at radius 1 is 1.00 bits per heavy atom. The maximum absolute atomic E-state index is 5.96. The maximum atomic E-state index is 5.96. The van der Waals surface area contributed by atoms with Gasteiger partial charge in [-0.05, 0) is 68.1 Å². The average molecular weight is 264 g/mol. The molecule has 110 valence electrons. The van der Waals surface area contributed by atoms with Gasteiger partial charge in [-0.25, -0.2) is 0 Å². The summed E-state index contributed by atoms with van der Waals surface area (Å²) in [5.74, 6) is 9.08. The molecule has 1 atom stereocenters. The molecule has 0 aromatic carbocycles. The minimum atomic E-state index is 0.579. The fraction of sp³-hybridized carbons (Fsp3) is 1.00. The number of hydrogen-bond acceptors (Lipinski definition) is 2. The first-order valence-electron chi connectivity index (χ1n) is 8.72. The zero-order chi connectivity index (χ0) is 13.3. The highest BCUT2D eigenvalue weighted by Crippen LogP contribution is 2.61. The molecule has 0 saturated heterocycles. The number of rotatable bonds is 7. The fourth-order valence-electron chi connectivity index (χ4n) is 5.95. The third kappa shape index (κ3) is 2.71. The highest BCUT2D eigenvalue weighted by Gasteiger charge is 2.53. The fourth-order valence-corrected chi connectivity index (χ4v) is 5.95. The van der Waals surface area contributed by atoms with E-state index < -0.39 is 0 Å². The number of hydrazine groups is 1. The minimum absolute atomic E-state index is 0.579. The van der Waals surface area contributed by atoms with Gasteiger partial charge >= 0.3 is 0 Å². The van der Waals surface area contributed by atoms with Crippen LogP contribution in [0.2, 0.25) is 0 Å². The van der Waals surface area contributed by atoms with Gasteiger partial charge in [-0.3, -0.25) is 11.3 Å². The van der Waals surface area contributed by atoms with E-state index in [1.165, 1.54) is 70.6 Å². The Morgan fingerprint density at radius 3 is 2.05 bits per heavy atom. The number of unbranched alkanes of at least 4 members (excludes halogenated alkanes) is 3. The van der Waals surface area contributed by atoms with Crippen molar-refractivity contribution >= 4 is 0 Å². The van der Waals surface area contributed by atoms with E-state index in [4.69, 9.17) is 5.84 Å². The van der Waals surface area contributed by atoms with Crippen molar-refractivity contribution in [3.63, 3.8) is 0 Å². The largest absolute Gasteiger partial charge is 0.271 e. The Morgan fingerprint density at radius 2 is 1.58 bits per heavy atom. The number of nitrogens with two attached hydrogens (primary N) is 1. The van der Waals surface area contributed by atoms with Gasteiger partial charge in [0.25, 0.3) is 0 Å². The molecule has 0 aromatic rings. The topological polar surface area (TPSA) is 38.0 Å². The Bertz CT molecular complexity index is 264. The summed E-state index contributed by atoms with van der Waals surface area (Å²) in [6, 6.07) is 0.595. The van der Waals surface area contributed by atoms with E-state index in [0.717, 1.165) is 17.8 Å². The van der Waals surface area contributed by atoms with Crippen LogP contribution in [-0.2, 0) is 0 Å². The first kappa shape index (κ1) is 13.9. The molecule has 0 spiro atoms. The maximum Gasteiger partial charge on any atom is 0.0267 e. The molecule has 4 saturated carbocycles. The van der Waals surface area contributed by atoms with Gasteiger partial charge in [-0.2, -0.15) is 0 Å². The van der Waals surface area contributed by atoms with Crippen LogP contribution in [0, 0.1) is 23.2 Å². The molecule has 1 unspecified atom stereocenters. The smallest absolute Gasteiger partial charge is 0.0267 e. The third-order valence-electron chi connectivity index (χ3n) is 6.37. The molecular formula is C17H32N2. The molecule has 0 heterocycles. The highest BCUT2D eigenvalue weighted by atomic mass is 15.2. The van der Waals surface area contributed by atoms with Crippen LogP contribution in [0.1, 0.15) is 77.6 Å². The molecule has 4 rings (SSSR count). The Balaban J connectivity index is 1.62. The summed E-state index contributed by atoms with van der Waals surface area (Å²) in [7, 11) is 0. The third-order valence-corrected chi connectivity index (χ3v) is 6.37. The summed E-state index contributed by atoms with van der Waals surface area (Å²) in [5.41, 5.74) is 3.82. The van der Waals surface area contributed by atoms with Gasteiger partial charge in [-0.15, -0.1) is 0 Å². The Kier molecular flexibility index (Phi) is 4.19. The molecule has 3 N–H and O–H groups in total. The lowest BCUT2D eigenvalue weighted by atomic mass is 9.47. The molecular weight excluding hydrogens is 232 g/mol. The van der Waals surface area contributed by atoms with Crippen LogP contribution in [0.5, 0.6) is 0 Å². The molecule has 2 heteroatoms. The zero-order valence-corrected chi connectivity index (χ0v) is 12.7. The van der Waals surface area contributed by atoms with Crippen LogP contribution in [-0.4, -0.2) is 6.04 Å². The summed E-state index contributed by atoms with van der Waals surface area (Å²) >= 11 is 0. The lowest BCUT2D eigenvalue weighted by Crippen LogP contribution is -2.57. The van der Waals surface area contributed by atoms with Gasteiger partial charge in [0, 0.05) is 6.04 Å². The van der Waals surface area contributed by atoms with Crippen LogP contribution >= 0.6 is 0 Å². The van der Waals surface area contributed by atoms with E-state index in [1.807, 2.05) is 0 Å². The van der Waals surface area contributed by atoms with Crippen LogP contribution in [0.3, 0.4) is 0 Å². The van der Waals surface area contributed by atoms with Crippen molar-refractivity contribution in [2.75, 3.05) is 0 Å². The molecule has 2 nitrogen and oxygen atoms in total. The predicted molar refractivity (Wildman–Crippen MR) is 80.5 cm³/mol. The predicted octanol–water partition coefficient (Wildman–Crippen LogP) is 4.01. The summed E-state index contributed by atoms with van der Waals surface area (Å²) in [6.07, 6.45) is 15.8. The van der Waals surface area contributed by atoms with Crippen molar-refractivity contribution in [3.05, 3.63) is 0 Å². The number of nitrogens with one attached hydrogen (secondary N) is 1. The van der Waals surface area contributed by atoms with E-state index in [2.05, 4.69) is 12.3 Å². The van der Waals surface area contributed by atoms with Gasteiger partial charge in [0.1, 0.15) is 0 Å². The average Bonchev–Trinajstić information content (AvgIpc) is 2.37. The first-order valence-corrected chi connectivity index (χ1v) is 8.72. The molecule has 0 aliphatic heterocycles. The van der Waals surface area contributed by atoms with Crippen LogP contribution in [0.4, 0.5) is 0 Å². The van der Waals surface area contributed by atoms with Gasteiger partial charge in [-0.1, -0.05) is 32.6 Å². The van der Waals surface area contributed by atoms with Crippen molar-refractivity contribution in [1.29, 1.82) is 0 Å². The van der Waals surface area contributed by atoms with Crippen molar-refractivity contribution in [1.82, 2.24) is 5.43 Å². The van der Waals surface area contributed by atoms with E-state index in [0.29, 0.717) is 11.5 Å². The van der Waals surface area contributed by atoms with E-state index in [-0.39, 0.29) is 0 Å². The summed E-state index contributed by atoms with van der Waals surface area (Å²) in [5, 5.41) is 0.